The normalized spacial score (nSPS) is 25.2. The fourth-order valence-electron chi connectivity index (χ4n) is 2.14. The van der Waals surface area contributed by atoms with E-state index in [0.717, 1.165) is 13.1 Å². The average Bonchev–Trinajstić information content (AvgIpc) is 2.28. The molecule has 1 aliphatic rings. The fourth-order valence-corrected chi connectivity index (χ4v) is 2.14. The molecule has 0 bridgehead atoms. The summed E-state index contributed by atoms with van der Waals surface area (Å²) in [4.78, 5) is 2.31. The highest BCUT2D eigenvalue weighted by Crippen LogP contribution is 2.20. The summed E-state index contributed by atoms with van der Waals surface area (Å²) in [5, 5.41) is 8.74. The van der Waals surface area contributed by atoms with E-state index in [-0.39, 0.29) is 12.2 Å². The number of benzene rings is 1. The quantitative estimate of drug-likeness (QED) is 0.722. The van der Waals surface area contributed by atoms with Crippen LogP contribution in [0.3, 0.4) is 0 Å². The number of rotatable bonds is 1. The monoisotopic (exact) mass is 216 g/mol. The van der Waals surface area contributed by atoms with Crippen molar-refractivity contribution in [2.45, 2.75) is 26.1 Å². The zero-order valence-electron chi connectivity index (χ0n) is 9.68. The van der Waals surface area contributed by atoms with Crippen molar-refractivity contribution in [3.05, 3.63) is 29.8 Å². The van der Waals surface area contributed by atoms with Gasteiger partial charge in [-0.1, -0.05) is 0 Å². The van der Waals surface area contributed by atoms with Gasteiger partial charge in [0.2, 0.25) is 0 Å². The Labute approximate surface area is 96.2 Å². The number of hydrogen-bond acceptors (Lipinski definition) is 3. The lowest BCUT2D eigenvalue weighted by molar-refractivity contribution is -0.00521. The highest BCUT2D eigenvalue weighted by atomic mass is 16.5. The minimum absolute atomic E-state index is 0.263. The smallest absolute Gasteiger partial charge is 0.0991 e. The molecule has 1 aliphatic heterocycles. The van der Waals surface area contributed by atoms with Crippen molar-refractivity contribution < 1.29 is 4.74 Å². The van der Waals surface area contributed by atoms with E-state index in [1.165, 1.54) is 5.69 Å². The van der Waals surface area contributed by atoms with Gasteiger partial charge in [0.25, 0.3) is 0 Å². The van der Waals surface area contributed by atoms with Gasteiger partial charge in [0.1, 0.15) is 0 Å². The van der Waals surface area contributed by atoms with Crippen LogP contribution < -0.4 is 4.90 Å². The largest absolute Gasteiger partial charge is 0.372 e. The molecule has 0 spiro atoms. The Morgan fingerprint density at radius 3 is 2.25 bits per heavy atom. The van der Waals surface area contributed by atoms with Gasteiger partial charge in [-0.3, -0.25) is 0 Å². The maximum atomic E-state index is 8.74. The molecular formula is C13H16N2O. The molecule has 0 amide bonds. The molecule has 1 aromatic rings. The molecule has 84 valence electrons. The predicted octanol–water partition coefficient (Wildman–Crippen LogP) is 2.17. The summed E-state index contributed by atoms with van der Waals surface area (Å²) in [6.07, 6.45) is 0.527. The number of ether oxygens (including phenoxy) is 1. The first-order valence-electron chi connectivity index (χ1n) is 5.59. The van der Waals surface area contributed by atoms with Crippen molar-refractivity contribution >= 4 is 5.69 Å². The molecule has 0 unspecified atom stereocenters. The van der Waals surface area contributed by atoms with Crippen molar-refractivity contribution in [3.63, 3.8) is 0 Å². The van der Waals surface area contributed by atoms with Crippen molar-refractivity contribution in [2.24, 2.45) is 0 Å². The lowest BCUT2D eigenvalue weighted by atomic mass is 10.1. The van der Waals surface area contributed by atoms with Crippen molar-refractivity contribution in [1.82, 2.24) is 0 Å². The molecule has 1 saturated heterocycles. The first-order chi connectivity index (χ1) is 7.69. The highest BCUT2D eigenvalue weighted by Gasteiger charge is 2.22. The molecule has 0 saturated carbocycles. The highest BCUT2D eigenvalue weighted by molar-refractivity contribution is 5.50. The zero-order valence-corrected chi connectivity index (χ0v) is 9.68. The van der Waals surface area contributed by atoms with Crippen LogP contribution in [-0.2, 0) is 4.74 Å². The van der Waals surface area contributed by atoms with E-state index >= 15 is 0 Å². The van der Waals surface area contributed by atoms with E-state index in [9.17, 15) is 0 Å². The lowest BCUT2D eigenvalue weighted by Gasteiger charge is -2.36. The fraction of sp³-hybridized carbons (Fsp3) is 0.462. The maximum absolute atomic E-state index is 8.74. The maximum Gasteiger partial charge on any atom is 0.0991 e. The first kappa shape index (κ1) is 11.0. The van der Waals surface area contributed by atoms with Gasteiger partial charge < -0.3 is 9.64 Å². The van der Waals surface area contributed by atoms with Gasteiger partial charge in [-0.05, 0) is 38.1 Å². The standard InChI is InChI=1S/C13H16N2O/c1-10-8-15(9-11(2)16-10)13-5-3-12(7-14)4-6-13/h3-6,10-11H,8-9H2,1-2H3/t10-,11+. The SMILES string of the molecule is C[C@@H]1CN(c2ccc(C#N)cc2)C[C@H](C)O1. The van der Waals surface area contributed by atoms with Crippen LogP contribution in [0.15, 0.2) is 24.3 Å². The summed E-state index contributed by atoms with van der Waals surface area (Å²) in [5.74, 6) is 0. The van der Waals surface area contributed by atoms with E-state index in [4.69, 9.17) is 10.00 Å². The topological polar surface area (TPSA) is 36.3 Å². The van der Waals surface area contributed by atoms with Crippen LogP contribution in [0, 0.1) is 11.3 Å². The van der Waals surface area contributed by atoms with E-state index in [1.807, 2.05) is 24.3 Å². The van der Waals surface area contributed by atoms with Gasteiger partial charge in [0.15, 0.2) is 0 Å². The van der Waals surface area contributed by atoms with Crippen LogP contribution in [0.25, 0.3) is 0 Å². The number of hydrogen-bond donors (Lipinski definition) is 0. The van der Waals surface area contributed by atoms with Gasteiger partial charge in [0, 0.05) is 18.8 Å². The average molecular weight is 216 g/mol. The van der Waals surface area contributed by atoms with E-state index in [1.54, 1.807) is 0 Å². The predicted molar refractivity (Wildman–Crippen MR) is 63.4 cm³/mol. The second-order valence-electron chi connectivity index (χ2n) is 4.32. The molecule has 0 N–H and O–H groups in total. The van der Waals surface area contributed by atoms with Crippen LogP contribution in [0.5, 0.6) is 0 Å². The summed E-state index contributed by atoms with van der Waals surface area (Å²) in [5.41, 5.74) is 1.87. The summed E-state index contributed by atoms with van der Waals surface area (Å²) in [6, 6.07) is 9.86. The Kier molecular flexibility index (Phi) is 3.12. The van der Waals surface area contributed by atoms with Gasteiger partial charge in [-0.25, -0.2) is 0 Å². The minimum Gasteiger partial charge on any atom is -0.372 e. The molecule has 1 fully saturated rings. The number of anilines is 1. The van der Waals surface area contributed by atoms with Crippen LogP contribution in [0.1, 0.15) is 19.4 Å². The molecule has 2 rings (SSSR count). The number of nitriles is 1. The van der Waals surface area contributed by atoms with Crippen LogP contribution in [-0.4, -0.2) is 25.3 Å². The van der Waals surface area contributed by atoms with Crippen LogP contribution >= 0.6 is 0 Å². The molecule has 1 heterocycles. The molecular weight excluding hydrogens is 200 g/mol. The van der Waals surface area contributed by atoms with Gasteiger partial charge in [-0.15, -0.1) is 0 Å². The van der Waals surface area contributed by atoms with E-state index in [0.29, 0.717) is 5.56 Å². The van der Waals surface area contributed by atoms with Gasteiger partial charge in [0.05, 0.1) is 23.8 Å². The molecule has 3 heteroatoms. The van der Waals surface area contributed by atoms with Crippen LogP contribution in [0.2, 0.25) is 0 Å². The second-order valence-corrected chi connectivity index (χ2v) is 4.32. The summed E-state index contributed by atoms with van der Waals surface area (Å²) in [6.45, 7) is 6.01. The van der Waals surface area contributed by atoms with Gasteiger partial charge in [-0.2, -0.15) is 5.26 Å². The minimum atomic E-state index is 0.263. The van der Waals surface area contributed by atoms with Crippen molar-refractivity contribution in [2.75, 3.05) is 18.0 Å². The van der Waals surface area contributed by atoms with Crippen molar-refractivity contribution in [1.29, 1.82) is 5.26 Å². The van der Waals surface area contributed by atoms with Crippen molar-refractivity contribution in [3.8, 4) is 6.07 Å². The Morgan fingerprint density at radius 1 is 1.19 bits per heavy atom. The Bertz CT molecular complexity index is 383. The van der Waals surface area contributed by atoms with Crippen LogP contribution in [0.4, 0.5) is 5.69 Å². The van der Waals surface area contributed by atoms with E-state index < -0.39 is 0 Å². The third-order valence-corrected chi connectivity index (χ3v) is 2.78. The Hall–Kier alpha value is -1.53. The number of morpholine rings is 1. The summed E-state index contributed by atoms with van der Waals surface area (Å²) in [7, 11) is 0. The second kappa shape index (κ2) is 4.54. The Balaban J connectivity index is 2.14. The summed E-state index contributed by atoms with van der Waals surface area (Å²) < 4.78 is 5.69. The Morgan fingerprint density at radius 2 is 1.75 bits per heavy atom. The summed E-state index contributed by atoms with van der Waals surface area (Å²) >= 11 is 0. The molecule has 1 aromatic carbocycles. The molecule has 2 atom stereocenters. The zero-order chi connectivity index (χ0) is 11.5. The van der Waals surface area contributed by atoms with E-state index in [2.05, 4.69) is 24.8 Å². The third-order valence-electron chi connectivity index (χ3n) is 2.78. The third kappa shape index (κ3) is 2.34. The molecule has 16 heavy (non-hydrogen) atoms. The number of nitrogens with zero attached hydrogens (tertiary/aromatic N) is 2. The molecule has 0 aromatic heterocycles. The molecule has 0 radical (unpaired) electrons. The lowest BCUT2D eigenvalue weighted by Crippen LogP contribution is -2.45. The molecule has 0 aliphatic carbocycles. The molecule has 3 nitrogen and oxygen atoms in total. The first-order valence-corrected chi connectivity index (χ1v) is 5.59. The van der Waals surface area contributed by atoms with Gasteiger partial charge >= 0.3 is 0 Å².